The third kappa shape index (κ3) is 4.04. The van der Waals surface area contributed by atoms with Gasteiger partial charge in [-0.3, -0.25) is 10.1 Å². The number of carbonyl (C=O) groups is 1. The average Bonchev–Trinajstić information content (AvgIpc) is 3.27. The van der Waals surface area contributed by atoms with E-state index in [0.29, 0.717) is 36.6 Å². The topological polar surface area (TPSA) is 114 Å². The zero-order chi connectivity index (χ0) is 17.8. The number of fused-ring (bicyclic) bond motifs is 7. The monoisotopic (exact) mass is 358 g/mol. The zero-order valence-corrected chi connectivity index (χ0v) is 14.4. The van der Waals surface area contributed by atoms with Crippen LogP contribution in [0, 0.1) is 0 Å². The molecule has 138 valence electrons. The number of aromatic nitrogens is 4. The molecule has 9 heteroatoms. The quantitative estimate of drug-likeness (QED) is 0.663. The van der Waals surface area contributed by atoms with Crippen molar-refractivity contribution < 1.29 is 14.3 Å². The molecule has 0 spiro atoms. The summed E-state index contributed by atoms with van der Waals surface area (Å²) in [5, 5.41) is 13.3. The maximum atomic E-state index is 11.9. The van der Waals surface area contributed by atoms with Gasteiger partial charge in [0.25, 0.3) is 0 Å². The lowest BCUT2D eigenvalue weighted by atomic mass is 10.0. The van der Waals surface area contributed by atoms with E-state index in [1.54, 1.807) is 12.4 Å². The van der Waals surface area contributed by atoms with Crippen LogP contribution in [0.1, 0.15) is 43.7 Å². The van der Waals surface area contributed by atoms with Gasteiger partial charge in [-0.1, -0.05) is 0 Å². The van der Waals surface area contributed by atoms with Gasteiger partial charge in [0.05, 0.1) is 19.0 Å². The Bertz CT molecular complexity index is 764. The Morgan fingerprint density at radius 1 is 1.15 bits per heavy atom. The van der Waals surface area contributed by atoms with Crippen molar-refractivity contribution in [2.75, 3.05) is 18.5 Å². The molecule has 0 aromatic carbocycles. The number of hydrogen-bond acceptors (Lipinski definition) is 7. The van der Waals surface area contributed by atoms with E-state index >= 15 is 0 Å². The van der Waals surface area contributed by atoms with Gasteiger partial charge >= 0.3 is 6.09 Å². The fraction of sp³-hybridized carbons (Fsp3) is 0.529. The van der Waals surface area contributed by atoms with E-state index in [1.807, 2.05) is 6.07 Å². The van der Waals surface area contributed by atoms with Crippen molar-refractivity contribution in [3.05, 3.63) is 24.2 Å². The van der Waals surface area contributed by atoms with Gasteiger partial charge in [0.15, 0.2) is 11.6 Å². The van der Waals surface area contributed by atoms with E-state index in [4.69, 9.17) is 9.47 Å². The van der Waals surface area contributed by atoms with Gasteiger partial charge in [-0.05, 0) is 32.1 Å². The highest BCUT2D eigenvalue weighted by molar-refractivity contribution is 5.67. The van der Waals surface area contributed by atoms with Gasteiger partial charge in [-0.25, -0.2) is 4.79 Å². The smallest absolute Gasteiger partial charge is 0.407 e. The summed E-state index contributed by atoms with van der Waals surface area (Å²) < 4.78 is 11.1. The molecule has 2 aromatic heterocycles. The first-order valence-electron chi connectivity index (χ1n) is 8.98. The predicted octanol–water partition coefficient (Wildman–Crippen LogP) is 2.48. The summed E-state index contributed by atoms with van der Waals surface area (Å²) in [6.07, 6.45) is 7.05. The average molecular weight is 358 g/mol. The van der Waals surface area contributed by atoms with E-state index < -0.39 is 0 Å². The number of alkyl carbamates (subject to hydrolysis) is 1. The minimum Gasteiger partial charge on any atom is -0.477 e. The molecule has 1 aliphatic carbocycles. The highest BCUT2D eigenvalue weighted by atomic mass is 16.6. The molecule has 26 heavy (non-hydrogen) atoms. The highest BCUT2D eigenvalue weighted by Crippen LogP contribution is 2.36. The van der Waals surface area contributed by atoms with Crippen LogP contribution in [0.25, 0.3) is 0 Å². The van der Waals surface area contributed by atoms with Crippen LogP contribution >= 0.6 is 0 Å². The van der Waals surface area contributed by atoms with Gasteiger partial charge in [0.2, 0.25) is 5.88 Å². The molecule has 2 atom stereocenters. The van der Waals surface area contributed by atoms with E-state index in [-0.39, 0.29) is 12.2 Å². The van der Waals surface area contributed by atoms with Crippen molar-refractivity contribution in [2.45, 2.75) is 44.1 Å². The minimum atomic E-state index is -0.344. The summed E-state index contributed by atoms with van der Waals surface area (Å²) in [7, 11) is 0. The molecule has 3 heterocycles. The Kier molecular flexibility index (Phi) is 4.85. The van der Waals surface area contributed by atoms with Crippen molar-refractivity contribution in [1.82, 2.24) is 25.5 Å². The zero-order valence-electron chi connectivity index (χ0n) is 14.4. The number of ether oxygens (including phenoxy) is 2. The Balaban J connectivity index is 1.51. The second-order valence-corrected chi connectivity index (χ2v) is 6.60. The Morgan fingerprint density at radius 2 is 2.12 bits per heavy atom. The molecule has 9 nitrogen and oxygen atoms in total. The van der Waals surface area contributed by atoms with Crippen LogP contribution < -0.4 is 15.4 Å². The largest absolute Gasteiger partial charge is 0.477 e. The summed E-state index contributed by atoms with van der Waals surface area (Å²) >= 11 is 0. The fourth-order valence-electron chi connectivity index (χ4n) is 3.34. The molecule has 2 aliphatic rings. The molecule has 1 fully saturated rings. The molecule has 3 N–H and O–H groups in total. The summed E-state index contributed by atoms with van der Waals surface area (Å²) in [4.78, 5) is 20.4. The SMILES string of the molecule is O=C1NCCCCOc2cncc(n2)Nc2cc([nH]n2)[C@@H]2CC[C@@H](C2)O1. The molecule has 1 saturated carbocycles. The van der Waals surface area contributed by atoms with Crippen LogP contribution in [-0.4, -0.2) is 45.5 Å². The molecule has 0 radical (unpaired) electrons. The van der Waals surface area contributed by atoms with Crippen molar-refractivity contribution in [3.63, 3.8) is 0 Å². The molecule has 1 amide bonds. The molecular formula is C17H22N6O3. The second kappa shape index (κ2) is 7.59. The maximum absolute atomic E-state index is 11.9. The summed E-state index contributed by atoms with van der Waals surface area (Å²) in [5.41, 5.74) is 1.03. The second-order valence-electron chi connectivity index (χ2n) is 6.60. The number of rotatable bonds is 0. The van der Waals surface area contributed by atoms with Crippen molar-refractivity contribution in [3.8, 4) is 5.88 Å². The summed E-state index contributed by atoms with van der Waals surface area (Å²) in [6.45, 7) is 1.07. The van der Waals surface area contributed by atoms with E-state index in [1.165, 1.54) is 0 Å². The molecule has 1 aliphatic heterocycles. The van der Waals surface area contributed by atoms with Gasteiger partial charge in [-0.2, -0.15) is 10.1 Å². The van der Waals surface area contributed by atoms with Crippen LogP contribution in [0.2, 0.25) is 0 Å². The number of nitrogens with zero attached hydrogens (tertiary/aromatic N) is 3. The van der Waals surface area contributed by atoms with Crippen molar-refractivity contribution >= 4 is 17.7 Å². The summed E-state index contributed by atoms with van der Waals surface area (Å²) in [6, 6.07) is 1.96. The van der Waals surface area contributed by atoms with Gasteiger partial charge in [-0.15, -0.1) is 0 Å². The fourth-order valence-corrected chi connectivity index (χ4v) is 3.34. The number of hydrogen-bond donors (Lipinski definition) is 3. The molecule has 0 unspecified atom stereocenters. The third-order valence-electron chi connectivity index (χ3n) is 4.65. The van der Waals surface area contributed by atoms with Crippen LogP contribution in [-0.2, 0) is 4.74 Å². The van der Waals surface area contributed by atoms with Crippen molar-refractivity contribution in [1.29, 1.82) is 0 Å². The highest BCUT2D eigenvalue weighted by Gasteiger charge is 2.29. The third-order valence-corrected chi connectivity index (χ3v) is 4.65. The van der Waals surface area contributed by atoms with Crippen LogP contribution in [0.4, 0.5) is 16.4 Å². The van der Waals surface area contributed by atoms with Crippen molar-refractivity contribution in [2.24, 2.45) is 0 Å². The van der Waals surface area contributed by atoms with Crippen LogP contribution in [0.15, 0.2) is 18.5 Å². The lowest BCUT2D eigenvalue weighted by molar-refractivity contribution is 0.0999. The lowest BCUT2D eigenvalue weighted by Gasteiger charge is -2.13. The first-order chi connectivity index (χ1) is 12.8. The Labute approximate surface area is 150 Å². The maximum Gasteiger partial charge on any atom is 0.407 e. The number of aromatic amines is 1. The number of amides is 1. The Hall–Kier alpha value is -2.84. The van der Waals surface area contributed by atoms with E-state index in [9.17, 15) is 4.79 Å². The molecule has 6 bridgehead atoms. The van der Waals surface area contributed by atoms with Gasteiger partial charge in [0, 0.05) is 24.2 Å². The number of nitrogens with one attached hydrogen (secondary N) is 3. The standard InChI is InChI=1S/C17H22N6O3/c24-17-19-5-1-2-6-25-16-10-18-9-15(21-16)20-14-8-13(22-23-14)11-3-4-12(7-11)26-17/h8-12H,1-7H2,(H,19,24)(H2,20,21,22,23)/t11-,12+/m1/s1. The van der Waals surface area contributed by atoms with Gasteiger partial charge < -0.3 is 20.1 Å². The van der Waals surface area contributed by atoms with E-state index in [0.717, 1.165) is 37.8 Å². The first kappa shape index (κ1) is 16.6. The van der Waals surface area contributed by atoms with E-state index in [2.05, 4.69) is 30.8 Å². The molecule has 0 saturated heterocycles. The minimum absolute atomic E-state index is 0.0514. The predicted molar refractivity (Wildman–Crippen MR) is 93.5 cm³/mol. The lowest BCUT2D eigenvalue weighted by Crippen LogP contribution is -2.29. The van der Waals surface area contributed by atoms with Crippen LogP contribution in [0.3, 0.4) is 0 Å². The first-order valence-corrected chi connectivity index (χ1v) is 8.98. The van der Waals surface area contributed by atoms with Crippen LogP contribution in [0.5, 0.6) is 5.88 Å². The Morgan fingerprint density at radius 3 is 3.08 bits per heavy atom. The molecule has 2 aromatic rings. The molecular weight excluding hydrogens is 336 g/mol. The number of anilines is 2. The number of H-pyrrole nitrogens is 1. The normalized spacial score (nSPS) is 23.6. The molecule has 4 rings (SSSR count). The summed E-state index contributed by atoms with van der Waals surface area (Å²) in [5.74, 6) is 2.02. The van der Waals surface area contributed by atoms with Gasteiger partial charge in [0.1, 0.15) is 6.10 Å². The number of carbonyl (C=O) groups excluding carboxylic acids is 1.